The number of nitrogens with one attached hydrogen (secondary N) is 1. The van der Waals surface area contributed by atoms with Gasteiger partial charge >= 0.3 is 0 Å². The Morgan fingerprint density at radius 3 is 2.87 bits per heavy atom. The number of aromatic nitrogens is 3. The highest BCUT2D eigenvalue weighted by Gasteiger charge is 2.42. The maximum absolute atomic E-state index is 15.0. The molecule has 9 heteroatoms. The number of phenols is 1. The lowest BCUT2D eigenvalue weighted by molar-refractivity contribution is 0.107. The maximum atomic E-state index is 15.0. The van der Waals surface area contributed by atoms with Crippen molar-refractivity contribution in [1.29, 1.82) is 0 Å². The normalized spacial score (nSPS) is 25.5. The third-order valence-corrected chi connectivity index (χ3v) is 6.41. The number of anilines is 1. The highest BCUT2D eigenvalue weighted by molar-refractivity contribution is 5.85. The Bertz CT molecular complexity index is 1180. The van der Waals surface area contributed by atoms with Crippen molar-refractivity contribution in [1.82, 2.24) is 20.5 Å². The first-order chi connectivity index (χ1) is 14.9. The van der Waals surface area contributed by atoms with Gasteiger partial charge in [-0.2, -0.15) is 0 Å². The molecule has 8 nitrogen and oxygen atoms in total. The zero-order valence-electron chi connectivity index (χ0n) is 17.4. The van der Waals surface area contributed by atoms with E-state index >= 15 is 4.39 Å². The SMILES string of the molecule is Cc1cc(=O)c2cc(O)c(-c3ncc(N(C)[C@@H]4CC5CCCC(N5)[C@@H]4F)nn3)cc2o1. The molecule has 0 radical (unpaired) electrons. The fourth-order valence-corrected chi connectivity index (χ4v) is 4.77. The molecule has 3 aromatic rings. The second-order valence-corrected chi connectivity index (χ2v) is 8.49. The Morgan fingerprint density at radius 2 is 2.10 bits per heavy atom. The molecule has 1 aromatic carbocycles. The van der Waals surface area contributed by atoms with Crippen molar-refractivity contribution in [2.24, 2.45) is 0 Å². The van der Waals surface area contributed by atoms with Gasteiger partial charge in [0.15, 0.2) is 17.1 Å². The number of halogens is 1. The molecule has 2 saturated heterocycles. The van der Waals surface area contributed by atoms with E-state index in [1.807, 2.05) is 11.9 Å². The zero-order valence-corrected chi connectivity index (χ0v) is 17.4. The van der Waals surface area contributed by atoms with Gasteiger partial charge in [0, 0.05) is 25.2 Å². The minimum absolute atomic E-state index is 0.118. The van der Waals surface area contributed by atoms with E-state index in [2.05, 4.69) is 20.5 Å². The third-order valence-electron chi connectivity index (χ3n) is 6.41. The van der Waals surface area contributed by atoms with Crippen LogP contribution in [0.4, 0.5) is 10.2 Å². The fraction of sp³-hybridized carbons (Fsp3) is 0.455. The summed E-state index contributed by atoms with van der Waals surface area (Å²) in [5, 5.41) is 22.5. The topological polar surface area (TPSA) is 104 Å². The molecule has 0 saturated carbocycles. The molecule has 162 valence electrons. The van der Waals surface area contributed by atoms with Gasteiger partial charge in [-0.05, 0) is 38.3 Å². The number of aryl methyl sites for hydroxylation is 1. The first-order valence-electron chi connectivity index (χ1n) is 10.5. The molecule has 0 aliphatic carbocycles. The summed E-state index contributed by atoms with van der Waals surface area (Å²) < 4.78 is 20.6. The van der Waals surface area contributed by atoms with E-state index in [0.717, 1.165) is 19.3 Å². The molecule has 2 aliphatic rings. The number of benzene rings is 1. The minimum Gasteiger partial charge on any atom is -0.507 e. The fourth-order valence-electron chi connectivity index (χ4n) is 4.77. The van der Waals surface area contributed by atoms with Crippen LogP contribution in [0, 0.1) is 6.92 Å². The minimum atomic E-state index is -0.987. The van der Waals surface area contributed by atoms with E-state index in [1.54, 1.807) is 6.92 Å². The lowest BCUT2D eigenvalue weighted by Gasteiger charge is -2.45. The summed E-state index contributed by atoms with van der Waals surface area (Å²) in [5.74, 6) is 0.998. The van der Waals surface area contributed by atoms with Crippen LogP contribution in [0.2, 0.25) is 0 Å². The number of piperidine rings is 2. The van der Waals surface area contributed by atoms with Crippen molar-refractivity contribution >= 4 is 16.8 Å². The van der Waals surface area contributed by atoms with Crippen molar-refractivity contribution in [3.05, 3.63) is 40.4 Å². The number of phenolic OH excluding ortho intramolecular Hbond substituents is 1. The van der Waals surface area contributed by atoms with Gasteiger partial charge in [0.1, 0.15) is 23.3 Å². The Kier molecular flexibility index (Phi) is 4.85. The van der Waals surface area contributed by atoms with Crippen molar-refractivity contribution in [2.45, 2.75) is 56.9 Å². The van der Waals surface area contributed by atoms with E-state index in [-0.39, 0.29) is 34.5 Å². The first kappa shape index (κ1) is 19.9. The first-order valence-corrected chi connectivity index (χ1v) is 10.5. The number of rotatable bonds is 3. The number of hydrogen-bond donors (Lipinski definition) is 2. The van der Waals surface area contributed by atoms with E-state index < -0.39 is 6.17 Å². The van der Waals surface area contributed by atoms with Crippen LogP contribution in [0.25, 0.3) is 22.4 Å². The van der Waals surface area contributed by atoms with E-state index in [0.29, 0.717) is 35.2 Å². The van der Waals surface area contributed by atoms with Crippen LogP contribution in [0.5, 0.6) is 5.75 Å². The lowest BCUT2D eigenvalue weighted by Crippen LogP contribution is -2.61. The predicted molar refractivity (Wildman–Crippen MR) is 114 cm³/mol. The number of aromatic hydroxyl groups is 1. The molecular weight excluding hydrogens is 401 g/mol. The number of alkyl halides is 1. The Balaban J connectivity index is 1.44. The third kappa shape index (κ3) is 3.52. The van der Waals surface area contributed by atoms with Gasteiger partial charge in [-0.1, -0.05) is 6.42 Å². The van der Waals surface area contributed by atoms with E-state index in [1.165, 1.54) is 24.4 Å². The summed E-state index contributed by atoms with van der Waals surface area (Å²) in [4.78, 5) is 18.3. The van der Waals surface area contributed by atoms with Crippen LogP contribution in [0.3, 0.4) is 0 Å². The van der Waals surface area contributed by atoms with E-state index in [9.17, 15) is 9.90 Å². The van der Waals surface area contributed by atoms with Gasteiger partial charge in [-0.15, -0.1) is 10.2 Å². The number of hydrogen-bond acceptors (Lipinski definition) is 8. The van der Waals surface area contributed by atoms with Gasteiger partial charge < -0.3 is 19.7 Å². The van der Waals surface area contributed by atoms with Crippen molar-refractivity contribution < 1.29 is 13.9 Å². The number of nitrogens with zero attached hydrogens (tertiary/aromatic N) is 4. The van der Waals surface area contributed by atoms with Gasteiger partial charge in [-0.3, -0.25) is 4.79 Å². The Labute approximate surface area is 178 Å². The van der Waals surface area contributed by atoms with Crippen LogP contribution in [-0.2, 0) is 0 Å². The summed E-state index contributed by atoms with van der Waals surface area (Å²) >= 11 is 0. The van der Waals surface area contributed by atoms with Crippen LogP contribution in [-0.4, -0.2) is 51.6 Å². The molecule has 2 unspecified atom stereocenters. The summed E-state index contributed by atoms with van der Waals surface area (Å²) in [6, 6.07) is 4.17. The van der Waals surface area contributed by atoms with Gasteiger partial charge in [0.05, 0.1) is 23.2 Å². The second kappa shape index (κ2) is 7.56. The van der Waals surface area contributed by atoms with Gasteiger partial charge in [-0.25, -0.2) is 9.37 Å². The largest absolute Gasteiger partial charge is 0.507 e. The lowest BCUT2D eigenvalue weighted by atomic mass is 9.82. The molecule has 5 rings (SSSR count). The molecule has 4 heterocycles. The predicted octanol–water partition coefficient (Wildman–Crippen LogP) is 2.72. The second-order valence-electron chi connectivity index (χ2n) is 8.49. The Morgan fingerprint density at radius 1 is 1.26 bits per heavy atom. The molecule has 2 fully saturated rings. The molecule has 0 amide bonds. The summed E-state index contributed by atoms with van der Waals surface area (Å²) in [5.41, 5.74) is 0.413. The van der Waals surface area contributed by atoms with Crippen LogP contribution in [0.15, 0.2) is 33.6 Å². The monoisotopic (exact) mass is 425 g/mol. The smallest absolute Gasteiger partial charge is 0.193 e. The highest BCUT2D eigenvalue weighted by atomic mass is 19.1. The zero-order chi connectivity index (χ0) is 21.7. The molecule has 2 aromatic heterocycles. The van der Waals surface area contributed by atoms with Crippen LogP contribution >= 0.6 is 0 Å². The maximum Gasteiger partial charge on any atom is 0.193 e. The molecule has 2 aliphatic heterocycles. The Hall–Kier alpha value is -3.07. The van der Waals surface area contributed by atoms with Crippen LogP contribution < -0.4 is 15.6 Å². The van der Waals surface area contributed by atoms with Crippen molar-refractivity contribution in [3.63, 3.8) is 0 Å². The molecular formula is C22H24FN5O3. The van der Waals surface area contributed by atoms with E-state index in [4.69, 9.17) is 4.42 Å². The van der Waals surface area contributed by atoms with Crippen LogP contribution in [0.1, 0.15) is 31.4 Å². The number of fused-ring (bicyclic) bond motifs is 3. The molecule has 4 atom stereocenters. The quantitative estimate of drug-likeness (QED) is 0.660. The average Bonchev–Trinajstić information content (AvgIpc) is 2.76. The standard InChI is InChI=1S/C22H24FN5O3/c1-11-6-17(29)13-8-18(30)14(9-19(13)31-11)22-24-10-20(26-27-22)28(2)16-7-12-4-3-5-15(25-12)21(16)23/h6,8-10,12,15-16,21,25,30H,3-5,7H2,1-2H3/t12?,15?,16-,21+/m1/s1. The molecule has 31 heavy (non-hydrogen) atoms. The van der Waals surface area contributed by atoms with Crippen molar-refractivity contribution in [2.75, 3.05) is 11.9 Å². The van der Waals surface area contributed by atoms with Gasteiger partial charge in [0.2, 0.25) is 0 Å². The van der Waals surface area contributed by atoms with Gasteiger partial charge in [0.25, 0.3) is 0 Å². The average molecular weight is 425 g/mol. The molecule has 0 spiro atoms. The molecule has 2 N–H and O–H groups in total. The highest BCUT2D eigenvalue weighted by Crippen LogP contribution is 2.33. The summed E-state index contributed by atoms with van der Waals surface area (Å²) in [6.07, 6.45) is 4.22. The summed E-state index contributed by atoms with van der Waals surface area (Å²) in [6.45, 7) is 1.68. The summed E-state index contributed by atoms with van der Waals surface area (Å²) in [7, 11) is 1.81. The van der Waals surface area contributed by atoms with Crippen molar-refractivity contribution in [3.8, 4) is 17.1 Å². The molecule has 2 bridgehead atoms.